The maximum absolute atomic E-state index is 5.91. The Morgan fingerprint density at radius 3 is 1.10 bits per heavy atom. The summed E-state index contributed by atoms with van der Waals surface area (Å²) >= 11 is 0. The Labute approximate surface area is 249 Å². The third kappa shape index (κ3) is 5.21. The summed E-state index contributed by atoms with van der Waals surface area (Å²) in [6.45, 7) is 8.54. The van der Waals surface area contributed by atoms with Crippen LogP contribution in [0.1, 0.15) is 11.1 Å². The largest absolute Gasteiger partial charge is 0.536 e. The van der Waals surface area contributed by atoms with E-state index in [1.165, 1.54) is 0 Å². The highest BCUT2D eigenvalue weighted by atomic mass is 28.4. The third-order valence-corrected chi connectivity index (χ3v) is 13.0. The van der Waals surface area contributed by atoms with E-state index in [1.807, 2.05) is 36.4 Å². The molecule has 0 unspecified atom stereocenters. The van der Waals surface area contributed by atoms with E-state index in [1.54, 1.807) is 56.9 Å². The fourth-order valence-electron chi connectivity index (χ4n) is 5.44. The van der Waals surface area contributed by atoms with Gasteiger partial charge in [0, 0.05) is 64.2 Å². The number of hydrogen-bond acceptors (Lipinski definition) is 8. The second-order valence-corrected chi connectivity index (χ2v) is 15.3. The summed E-state index contributed by atoms with van der Waals surface area (Å²) in [6, 6.07) is 20.2. The van der Waals surface area contributed by atoms with Crippen molar-refractivity contribution in [1.82, 2.24) is 0 Å². The third-order valence-electron chi connectivity index (χ3n) is 7.70. The van der Waals surface area contributed by atoms with E-state index in [2.05, 4.69) is 37.4 Å². The van der Waals surface area contributed by atoms with E-state index < -0.39 is 17.6 Å². The Balaban J connectivity index is 1.96. The van der Waals surface area contributed by atoms with Gasteiger partial charge < -0.3 is 36.0 Å². The van der Waals surface area contributed by atoms with E-state index in [-0.39, 0.29) is 0 Å². The summed E-state index contributed by atoms with van der Waals surface area (Å²) in [7, 11) is 6.57. The van der Waals surface area contributed by atoms with Crippen molar-refractivity contribution in [1.29, 1.82) is 0 Å². The van der Waals surface area contributed by atoms with Crippen LogP contribution in [0.5, 0.6) is 11.5 Å². The van der Waals surface area contributed by atoms with E-state index in [0.29, 0.717) is 21.9 Å². The van der Waals surface area contributed by atoms with Crippen molar-refractivity contribution in [2.45, 2.75) is 0 Å². The zero-order valence-electron chi connectivity index (χ0n) is 25.5. The minimum Gasteiger partial charge on any atom is -0.496 e. The van der Waals surface area contributed by atoms with Crippen molar-refractivity contribution in [2.24, 2.45) is 0 Å². The summed E-state index contributed by atoms with van der Waals surface area (Å²) in [5.74, 6) is 1.43. The number of fused-ring (bicyclic) bond motifs is 2. The number of ether oxygens (including phenoxy) is 2. The Morgan fingerprint density at radius 2 is 0.810 bits per heavy atom. The highest BCUT2D eigenvalue weighted by Crippen LogP contribution is 2.46. The number of hydrogen-bond donors (Lipinski definition) is 0. The quantitative estimate of drug-likeness (QED) is 0.159. The lowest BCUT2D eigenvalue weighted by molar-refractivity contribution is 0.141. The van der Waals surface area contributed by atoms with Gasteiger partial charge in [0.2, 0.25) is 0 Å². The maximum Gasteiger partial charge on any atom is 0.536 e. The van der Waals surface area contributed by atoms with Gasteiger partial charge in [-0.05, 0) is 56.9 Å². The van der Waals surface area contributed by atoms with Crippen LogP contribution in [0, 0.1) is 0 Å². The first-order valence-corrected chi connectivity index (χ1v) is 16.6. The monoisotopic (exact) mass is 606 g/mol. The van der Waals surface area contributed by atoms with Gasteiger partial charge in [0.1, 0.15) is 11.5 Å². The van der Waals surface area contributed by atoms with E-state index in [9.17, 15) is 0 Å². The first-order chi connectivity index (χ1) is 20.2. The molecule has 0 saturated carbocycles. The molecular weight excluding hydrogens is 569 g/mol. The van der Waals surface area contributed by atoms with Crippen LogP contribution in [-0.4, -0.2) is 74.5 Å². The second-order valence-electron chi connectivity index (χ2n) is 9.45. The van der Waals surface area contributed by atoms with Crippen molar-refractivity contribution >= 4 is 49.5 Å². The molecule has 0 fully saturated rings. The maximum atomic E-state index is 5.91. The predicted octanol–water partition coefficient (Wildman–Crippen LogP) is 6.54. The molecule has 0 heterocycles. The molecule has 0 aliphatic carbocycles. The molecular formula is C32H38O8Si2. The van der Waals surface area contributed by atoms with Crippen molar-refractivity contribution in [3.8, 4) is 22.6 Å². The fourth-order valence-corrected chi connectivity index (χ4v) is 8.94. The number of benzene rings is 4. The van der Waals surface area contributed by atoms with Gasteiger partial charge in [-0.25, -0.2) is 0 Å². The van der Waals surface area contributed by atoms with Crippen molar-refractivity contribution < 1.29 is 36.0 Å². The highest BCUT2D eigenvalue weighted by Gasteiger charge is 2.43. The van der Waals surface area contributed by atoms with Gasteiger partial charge in [0.05, 0.1) is 14.2 Å². The molecule has 0 bridgehead atoms. The zero-order valence-corrected chi connectivity index (χ0v) is 27.5. The van der Waals surface area contributed by atoms with Gasteiger partial charge in [-0.15, -0.1) is 0 Å². The molecule has 0 aliphatic heterocycles. The molecule has 10 heteroatoms. The van der Waals surface area contributed by atoms with Gasteiger partial charge in [0.25, 0.3) is 0 Å². The van der Waals surface area contributed by atoms with Crippen LogP contribution in [0.15, 0.2) is 73.8 Å². The molecule has 0 spiro atoms. The van der Waals surface area contributed by atoms with Crippen LogP contribution in [-0.2, 0) is 26.6 Å². The predicted molar refractivity (Wildman–Crippen MR) is 172 cm³/mol. The zero-order chi connectivity index (χ0) is 30.7. The molecule has 0 aliphatic rings. The van der Waals surface area contributed by atoms with Crippen LogP contribution >= 0.6 is 0 Å². The summed E-state index contributed by atoms with van der Waals surface area (Å²) in [4.78, 5) is 0. The normalized spacial score (nSPS) is 12.1. The molecule has 4 aromatic rings. The summed E-state index contributed by atoms with van der Waals surface area (Å²) in [6.07, 6.45) is 0. The molecule has 222 valence electrons. The summed E-state index contributed by atoms with van der Waals surface area (Å²) in [5, 5.41) is 5.27. The van der Waals surface area contributed by atoms with E-state index in [4.69, 9.17) is 36.0 Å². The second kappa shape index (κ2) is 12.9. The molecule has 0 radical (unpaired) electrons. The average Bonchev–Trinajstić information content (AvgIpc) is 3.05. The highest BCUT2D eigenvalue weighted by molar-refractivity contribution is 6.81. The summed E-state index contributed by atoms with van der Waals surface area (Å²) < 4.78 is 45.8. The molecule has 0 aromatic heterocycles. The molecule has 8 nitrogen and oxygen atoms in total. The van der Waals surface area contributed by atoms with Crippen molar-refractivity contribution in [3.63, 3.8) is 0 Å². The van der Waals surface area contributed by atoms with Crippen molar-refractivity contribution in [2.75, 3.05) is 56.9 Å². The van der Waals surface area contributed by atoms with E-state index >= 15 is 0 Å². The standard InChI is InChI=1S/C32H38O8Si2/c1-21(41(35-5,36-6)37-7)23-11-15-27-25(19-23)13-17-29(33-3)31(27)32-28-16-12-24(20-26(28)14-18-30(32)34-4)22(2)42(38-8,39-9)40-10/h11-20H,1-2H2,3-10H3. The summed E-state index contributed by atoms with van der Waals surface area (Å²) in [5.41, 5.74) is 3.55. The molecule has 0 amide bonds. The van der Waals surface area contributed by atoms with Gasteiger partial charge in [-0.1, -0.05) is 49.6 Å². The lowest BCUT2D eigenvalue weighted by atomic mass is 9.91. The molecule has 0 N–H and O–H groups in total. The van der Waals surface area contributed by atoms with Gasteiger partial charge in [-0.2, -0.15) is 0 Å². The molecule has 42 heavy (non-hydrogen) atoms. The lowest BCUT2D eigenvalue weighted by Gasteiger charge is -2.27. The number of methoxy groups -OCH3 is 2. The van der Waals surface area contributed by atoms with Gasteiger partial charge in [-0.3, -0.25) is 0 Å². The topological polar surface area (TPSA) is 73.8 Å². The van der Waals surface area contributed by atoms with E-state index in [0.717, 1.165) is 43.8 Å². The Hall–Kier alpha value is -3.33. The minimum absolute atomic E-state index is 0.674. The molecule has 0 atom stereocenters. The Bertz CT molecular complexity index is 1490. The molecule has 0 saturated heterocycles. The average molecular weight is 607 g/mol. The molecule has 4 aromatic carbocycles. The first kappa shape index (κ1) is 31.6. The van der Waals surface area contributed by atoms with Crippen LogP contribution in [0.2, 0.25) is 0 Å². The Morgan fingerprint density at radius 1 is 0.476 bits per heavy atom. The van der Waals surface area contributed by atoms with Crippen LogP contribution in [0.4, 0.5) is 0 Å². The van der Waals surface area contributed by atoms with Gasteiger partial charge in [0.15, 0.2) is 0 Å². The molecule has 4 rings (SSSR count). The fraction of sp³-hybridized carbons (Fsp3) is 0.250. The van der Waals surface area contributed by atoms with Crippen LogP contribution < -0.4 is 9.47 Å². The SMILES string of the molecule is C=C(c1ccc2c(-c3c(OC)ccc4cc(C(=C)[Si](OC)(OC)OC)ccc34)c(OC)ccc2c1)[Si](OC)(OC)OC. The van der Waals surface area contributed by atoms with Gasteiger partial charge >= 0.3 is 17.6 Å². The smallest absolute Gasteiger partial charge is 0.496 e. The lowest BCUT2D eigenvalue weighted by Crippen LogP contribution is -2.44. The van der Waals surface area contributed by atoms with Crippen LogP contribution in [0.3, 0.4) is 0 Å². The Kier molecular flexibility index (Phi) is 9.71. The first-order valence-electron chi connectivity index (χ1n) is 13.2. The number of rotatable bonds is 13. The minimum atomic E-state index is -3.10. The van der Waals surface area contributed by atoms with Crippen molar-refractivity contribution in [3.05, 3.63) is 84.9 Å². The van der Waals surface area contributed by atoms with Crippen LogP contribution in [0.25, 0.3) is 43.1 Å².